The minimum absolute atomic E-state index is 0.0476. The zero-order valence-corrected chi connectivity index (χ0v) is 17.3. The summed E-state index contributed by atoms with van der Waals surface area (Å²) in [4.78, 5) is 23.0. The maximum atomic E-state index is 12.0. The van der Waals surface area contributed by atoms with Gasteiger partial charge in [0, 0.05) is 40.3 Å². The highest BCUT2D eigenvalue weighted by atomic mass is 16.2. The predicted molar refractivity (Wildman–Crippen MR) is 108 cm³/mol. The maximum Gasteiger partial charge on any atom is 0.243 e. The van der Waals surface area contributed by atoms with Gasteiger partial charge in [0.05, 0.1) is 0 Å². The lowest BCUT2D eigenvalue weighted by atomic mass is 9.89. The van der Waals surface area contributed by atoms with Crippen LogP contribution < -0.4 is 5.32 Å². The van der Waals surface area contributed by atoms with Crippen molar-refractivity contribution in [2.75, 3.05) is 53.9 Å². The van der Waals surface area contributed by atoms with Crippen molar-refractivity contribution in [2.45, 2.75) is 57.9 Å². The molecule has 1 saturated heterocycles. The van der Waals surface area contributed by atoms with Gasteiger partial charge in [0.25, 0.3) is 0 Å². The number of nitrogens with zero attached hydrogens (tertiary/aromatic N) is 4. The van der Waals surface area contributed by atoms with E-state index in [1.165, 1.54) is 51.5 Å². The molecule has 1 aliphatic heterocycles. The molecule has 6 nitrogen and oxygen atoms in total. The summed E-state index contributed by atoms with van der Waals surface area (Å²) in [6.45, 7) is 6.72. The number of carbonyl (C=O) groups is 1. The molecule has 150 valence electrons. The molecule has 1 saturated carbocycles. The predicted octanol–water partition coefficient (Wildman–Crippen LogP) is 2.02. The zero-order valence-electron chi connectivity index (χ0n) is 17.3. The lowest BCUT2D eigenvalue weighted by molar-refractivity contribution is -0.127. The number of likely N-dealkylation sites (N-methyl/N-ethyl adjacent to an activating group) is 3. The molecular weight excluding hydrogens is 326 g/mol. The first kappa shape index (κ1) is 21.0. The summed E-state index contributed by atoms with van der Waals surface area (Å²) >= 11 is 0. The number of aliphatic imine (C=N–C) groups is 1. The molecule has 26 heavy (non-hydrogen) atoms. The Balaban J connectivity index is 1.95. The minimum atomic E-state index is 0.0476. The summed E-state index contributed by atoms with van der Waals surface area (Å²) < 4.78 is 0. The Hall–Kier alpha value is -1.30. The largest absolute Gasteiger partial charge is 0.356 e. The van der Waals surface area contributed by atoms with E-state index in [0.717, 1.165) is 31.5 Å². The van der Waals surface area contributed by atoms with Crippen LogP contribution in [0.25, 0.3) is 0 Å². The van der Waals surface area contributed by atoms with E-state index in [9.17, 15) is 4.79 Å². The highest BCUT2D eigenvalue weighted by Crippen LogP contribution is 2.23. The Morgan fingerprint density at radius 1 is 1.12 bits per heavy atom. The topological polar surface area (TPSA) is 51.2 Å². The van der Waals surface area contributed by atoms with Crippen molar-refractivity contribution in [3.05, 3.63) is 0 Å². The Labute approximate surface area is 160 Å². The van der Waals surface area contributed by atoms with E-state index in [2.05, 4.69) is 34.1 Å². The lowest BCUT2D eigenvalue weighted by Gasteiger charge is -2.31. The summed E-state index contributed by atoms with van der Waals surface area (Å²) in [6, 6.07) is 0.594. The van der Waals surface area contributed by atoms with E-state index >= 15 is 0 Å². The first-order valence-corrected chi connectivity index (χ1v) is 10.4. The quantitative estimate of drug-likeness (QED) is 0.554. The number of guanidine groups is 1. The molecule has 1 unspecified atom stereocenters. The van der Waals surface area contributed by atoms with Gasteiger partial charge in [-0.15, -0.1) is 0 Å². The lowest BCUT2D eigenvalue weighted by Crippen LogP contribution is -2.47. The van der Waals surface area contributed by atoms with Crippen molar-refractivity contribution in [2.24, 2.45) is 10.9 Å². The van der Waals surface area contributed by atoms with Crippen molar-refractivity contribution < 1.29 is 4.79 Å². The van der Waals surface area contributed by atoms with Crippen LogP contribution in [0.2, 0.25) is 0 Å². The molecule has 0 bridgehead atoms. The summed E-state index contributed by atoms with van der Waals surface area (Å²) in [5.74, 6) is 1.67. The van der Waals surface area contributed by atoms with Gasteiger partial charge in [0.2, 0.25) is 5.91 Å². The van der Waals surface area contributed by atoms with Gasteiger partial charge in [0.15, 0.2) is 5.96 Å². The number of likely N-dealkylation sites (tertiary alicyclic amines) is 1. The maximum absolute atomic E-state index is 12.0. The average Bonchev–Trinajstić information content (AvgIpc) is 3.09. The standard InChI is InChI=1S/C20H39N5O/c1-5-25-13-9-12-18(25)16-24(4)20(22-15-19(26)23(2)3)21-14-17-10-7-6-8-11-17/h17-18H,5-16H2,1-4H3,(H,21,22). The monoisotopic (exact) mass is 365 g/mol. The van der Waals surface area contributed by atoms with Crippen molar-refractivity contribution in [3.63, 3.8) is 0 Å². The third-order valence-corrected chi connectivity index (χ3v) is 5.89. The fourth-order valence-electron chi connectivity index (χ4n) is 4.14. The highest BCUT2D eigenvalue weighted by Gasteiger charge is 2.25. The molecule has 0 aromatic rings. The van der Waals surface area contributed by atoms with Crippen molar-refractivity contribution in [1.29, 1.82) is 0 Å². The van der Waals surface area contributed by atoms with E-state index in [4.69, 9.17) is 0 Å². The molecular formula is C20H39N5O. The smallest absolute Gasteiger partial charge is 0.243 e. The molecule has 1 aliphatic carbocycles. The van der Waals surface area contributed by atoms with E-state index in [-0.39, 0.29) is 12.5 Å². The minimum Gasteiger partial charge on any atom is -0.356 e. The van der Waals surface area contributed by atoms with Crippen LogP contribution in [-0.4, -0.2) is 86.5 Å². The Morgan fingerprint density at radius 3 is 2.50 bits per heavy atom. The number of rotatable bonds is 7. The van der Waals surface area contributed by atoms with E-state index < -0.39 is 0 Å². The second-order valence-electron chi connectivity index (χ2n) is 8.12. The van der Waals surface area contributed by atoms with Gasteiger partial charge in [-0.2, -0.15) is 0 Å². The molecule has 1 atom stereocenters. The number of hydrogen-bond donors (Lipinski definition) is 1. The Bertz CT molecular complexity index is 459. The number of carbonyl (C=O) groups excluding carboxylic acids is 1. The average molecular weight is 366 g/mol. The molecule has 6 heteroatoms. The summed E-state index contributed by atoms with van der Waals surface area (Å²) in [7, 11) is 5.68. The second kappa shape index (κ2) is 10.8. The number of nitrogens with one attached hydrogen (secondary N) is 1. The van der Waals surface area contributed by atoms with Gasteiger partial charge in [-0.25, -0.2) is 4.99 Å². The van der Waals surface area contributed by atoms with Gasteiger partial charge in [-0.05, 0) is 44.7 Å². The summed E-state index contributed by atoms with van der Waals surface area (Å²) in [5.41, 5.74) is 0. The molecule has 2 rings (SSSR count). The van der Waals surface area contributed by atoms with Crippen LogP contribution in [0.15, 0.2) is 4.99 Å². The molecule has 1 amide bonds. The van der Waals surface area contributed by atoms with Gasteiger partial charge in [-0.1, -0.05) is 26.2 Å². The Kier molecular flexibility index (Phi) is 8.69. The van der Waals surface area contributed by atoms with Crippen LogP contribution in [0.1, 0.15) is 51.9 Å². The van der Waals surface area contributed by atoms with Crippen LogP contribution in [0.5, 0.6) is 0 Å². The van der Waals surface area contributed by atoms with Crippen molar-refractivity contribution in [1.82, 2.24) is 20.0 Å². The summed E-state index contributed by atoms with van der Waals surface area (Å²) in [6.07, 6.45) is 9.24. The van der Waals surface area contributed by atoms with Gasteiger partial charge in [0.1, 0.15) is 6.54 Å². The van der Waals surface area contributed by atoms with Crippen molar-refractivity contribution >= 4 is 11.9 Å². The van der Waals surface area contributed by atoms with Crippen LogP contribution in [-0.2, 0) is 4.79 Å². The second-order valence-corrected chi connectivity index (χ2v) is 8.12. The normalized spacial score (nSPS) is 22.5. The molecule has 0 radical (unpaired) electrons. The van der Waals surface area contributed by atoms with Crippen LogP contribution >= 0.6 is 0 Å². The van der Waals surface area contributed by atoms with Gasteiger partial charge < -0.3 is 15.1 Å². The first-order valence-electron chi connectivity index (χ1n) is 10.4. The fraction of sp³-hybridized carbons (Fsp3) is 0.900. The van der Waals surface area contributed by atoms with Crippen LogP contribution in [0.4, 0.5) is 0 Å². The molecule has 1 N–H and O–H groups in total. The van der Waals surface area contributed by atoms with E-state index in [1.54, 1.807) is 19.0 Å². The van der Waals surface area contributed by atoms with Crippen molar-refractivity contribution in [3.8, 4) is 0 Å². The molecule has 0 aromatic carbocycles. The van der Waals surface area contributed by atoms with Gasteiger partial charge in [-0.3, -0.25) is 9.69 Å². The molecule has 2 fully saturated rings. The fourth-order valence-corrected chi connectivity index (χ4v) is 4.14. The number of amides is 1. The van der Waals surface area contributed by atoms with E-state index in [1.807, 2.05) is 0 Å². The molecule has 0 aromatic heterocycles. The van der Waals surface area contributed by atoms with E-state index in [0.29, 0.717) is 6.04 Å². The third kappa shape index (κ3) is 6.45. The SMILES string of the molecule is CCN1CCCC1CN(C)C(=NCC(=O)N(C)C)NCC1CCCCC1. The highest BCUT2D eigenvalue weighted by molar-refractivity contribution is 5.84. The number of hydrogen-bond acceptors (Lipinski definition) is 3. The van der Waals surface area contributed by atoms with Gasteiger partial charge >= 0.3 is 0 Å². The van der Waals surface area contributed by atoms with Crippen LogP contribution in [0.3, 0.4) is 0 Å². The Morgan fingerprint density at radius 2 is 1.85 bits per heavy atom. The summed E-state index contributed by atoms with van der Waals surface area (Å²) in [5, 5.41) is 3.58. The van der Waals surface area contributed by atoms with Crippen LogP contribution in [0, 0.1) is 5.92 Å². The third-order valence-electron chi connectivity index (χ3n) is 5.89. The molecule has 1 heterocycles. The first-order chi connectivity index (χ1) is 12.5. The molecule has 0 spiro atoms. The molecule has 2 aliphatic rings. The zero-order chi connectivity index (χ0) is 18.9.